The SMILES string of the molecule is CC(C)C(=O)N1CC(=O)Nc2ccc(Cl)cc2[C@H]1c1ccccc1. The monoisotopic (exact) mass is 342 g/mol. The first-order valence-electron chi connectivity index (χ1n) is 7.92. The number of hydrogen-bond acceptors (Lipinski definition) is 2. The van der Waals surface area contributed by atoms with Crippen LogP contribution in [0.5, 0.6) is 0 Å². The van der Waals surface area contributed by atoms with E-state index in [-0.39, 0.29) is 30.3 Å². The summed E-state index contributed by atoms with van der Waals surface area (Å²) in [5.74, 6) is -0.470. The molecule has 0 bridgehead atoms. The summed E-state index contributed by atoms with van der Waals surface area (Å²) in [5, 5.41) is 3.45. The maximum Gasteiger partial charge on any atom is 0.244 e. The molecule has 1 aliphatic heterocycles. The van der Waals surface area contributed by atoms with E-state index in [1.54, 1.807) is 17.0 Å². The number of nitrogens with one attached hydrogen (secondary N) is 1. The average Bonchev–Trinajstić information content (AvgIpc) is 2.70. The van der Waals surface area contributed by atoms with Crippen molar-refractivity contribution < 1.29 is 9.59 Å². The van der Waals surface area contributed by atoms with Gasteiger partial charge < -0.3 is 10.2 Å². The largest absolute Gasteiger partial charge is 0.324 e. The highest BCUT2D eigenvalue weighted by Gasteiger charge is 2.34. The molecule has 2 amide bonds. The van der Waals surface area contributed by atoms with Gasteiger partial charge in [-0.15, -0.1) is 0 Å². The second-order valence-corrected chi connectivity index (χ2v) is 6.65. The highest BCUT2D eigenvalue weighted by Crippen LogP contribution is 2.37. The first kappa shape index (κ1) is 16.5. The van der Waals surface area contributed by atoms with Crippen molar-refractivity contribution >= 4 is 29.1 Å². The van der Waals surface area contributed by atoms with Gasteiger partial charge in [-0.2, -0.15) is 0 Å². The molecule has 0 saturated heterocycles. The van der Waals surface area contributed by atoms with Crippen LogP contribution in [0, 0.1) is 5.92 Å². The van der Waals surface area contributed by atoms with Crippen LogP contribution >= 0.6 is 11.6 Å². The lowest BCUT2D eigenvalue weighted by Gasteiger charge is -2.32. The molecule has 3 rings (SSSR count). The van der Waals surface area contributed by atoms with E-state index in [9.17, 15) is 9.59 Å². The van der Waals surface area contributed by atoms with Crippen LogP contribution in [0.3, 0.4) is 0 Å². The second-order valence-electron chi connectivity index (χ2n) is 6.21. The number of hydrogen-bond donors (Lipinski definition) is 1. The third kappa shape index (κ3) is 3.15. The molecule has 0 aliphatic carbocycles. The van der Waals surface area contributed by atoms with Crippen LogP contribution in [-0.4, -0.2) is 23.3 Å². The number of rotatable bonds is 2. The fourth-order valence-corrected chi connectivity index (χ4v) is 3.19. The minimum absolute atomic E-state index is 0.0167. The Morgan fingerprint density at radius 3 is 2.58 bits per heavy atom. The minimum atomic E-state index is -0.353. The van der Waals surface area contributed by atoms with Gasteiger partial charge in [0.1, 0.15) is 6.54 Å². The van der Waals surface area contributed by atoms with E-state index >= 15 is 0 Å². The number of carbonyl (C=O) groups excluding carboxylic acids is 2. The molecule has 5 heteroatoms. The molecule has 4 nitrogen and oxygen atoms in total. The Morgan fingerprint density at radius 1 is 1.21 bits per heavy atom. The van der Waals surface area contributed by atoms with E-state index in [0.29, 0.717) is 10.7 Å². The second kappa shape index (κ2) is 6.65. The van der Waals surface area contributed by atoms with Gasteiger partial charge in [0.25, 0.3) is 0 Å². The number of nitrogens with zero attached hydrogens (tertiary/aromatic N) is 1. The average molecular weight is 343 g/mol. The Bertz CT molecular complexity index is 774. The zero-order valence-corrected chi connectivity index (χ0v) is 14.4. The quantitative estimate of drug-likeness (QED) is 0.900. The molecule has 0 fully saturated rings. The van der Waals surface area contributed by atoms with Crippen LogP contribution in [0.1, 0.15) is 31.0 Å². The van der Waals surface area contributed by atoms with E-state index in [2.05, 4.69) is 5.32 Å². The number of anilines is 1. The van der Waals surface area contributed by atoms with Gasteiger partial charge in [0, 0.05) is 22.2 Å². The maximum atomic E-state index is 12.8. The van der Waals surface area contributed by atoms with Crippen molar-refractivity contribution in [2.75, 3.05) is 11.9 Å². The van der Waals surface area contributed by atoms with E-state index in [4.69, 9.17) is 11.6 Å². The predicted molar refractivity (Wildman–Crippen MR) is 94.9 cm³/mol. The Morgan fingerprint density at radius 2 is 1.92 bits per heavy atom. The molecular formula is C19H19ClN2O2. The number of benzene rings is 2. The normalized spacial score (nSPS) is 17.2. The summed E-state index contributed by atoms with van der Waals surface area (Å²) >= 11 is 6.19. The minimum Gasteiger partial charge on any atom is -0.324 e. The summed E-state index contributed by atoms with van der Waals surface area (Å²) in [4.78, 5) is 26.7. The Hall–Kier alpha value is -2.33. The van der Waals surface area contributed by atoms with E-state index in [1.807, 2.05) is 50.2 Å². The van der Waals surface area contributed by atoms with Gasteiger partial charge >= 0.3 is 0 Å². The van der Waals surface area contributed by atoms with Crippen molar-refractivity contribution in [3.05, 3.63) is 64.7 Å². The van der Waals surface area contributed by atoms with E-state index < -0.39 is 0 Å². The zero-order valence-electron chi connectivity index (χ0n) is 13.6. The van der Waals surface area contributed by atoms with Gasteiger partial charge in [-0.1, -0.05) is 55.8 Å². The molecular weight excluding hydrogens is 324 g/mol. The summed E-state index contributed by atoms with van der Waals surface area (Å²) in [6.07, 6.45) is 0. The van der Waals surface area contributed by atoms with Crippen LogP contribution in [0.4, 0.5) is 5.69 Å². The van der Waals surface area contributed by atoms with Crippen LogP contribution in [0.2, 0.25) is 5.02 Å². The predicted octanol–water partition coefficient (Wildman–Crippen LogP) is 3.87. The number of carbonyl (C=O) groups is 2. The van der Waals surface area contributed by atoms with Gasteiger partial charge in [0.05, 0.1) is 6.04 Å². The number of amides is 2. The highest BCUT2D eigenvalue weighted by atomic mass is 35.5. The van der Waals surface area contributed by atoms with Crippen LogP contribution in [0.25, 0.3) is 0 Å². The summed E-state index contributed by atoms with van der Waals surface area (Å²) in [6, 6.07) is 14.7. The lowest BCUT2D eigenvalue weighted by Crippen LogP contribution is -2.41. The maximum absolute atomic E-state index is 12.8. The van der Waals surface area contributed by atoms with Crippen molar-refractivity contribution in [3.8, 4) is 0 Å². The zero-order chi connectivity index (χ0) is 17.3. The Kier molecular flexibility index (Phi) is 4.58. The lowest BCUT2D eigenvalue weighted by molar-refractivity contribution is -0.139. The molecule has 0 spiro atoms. The highest BCUT2D eigenvalue weighted by molar-refractivity contribution is 6.30. The van der Waals surface area contributed by atoms with Crippen LogP contribution in [-0.2, 0) is 9.59 Å². The van der Waals surface area contributed by atoms with Crippen molar-refractivity contribution in [1.29, 1.82) is 0 Å². The summed E-state index contributed by atoms with van der Waals surface area (Å²) in [7, 11) is 0. The number of halogens is 1. The van der Waals surface area contributed by atoms with Crippen molar-refractivity contribution in [3.63, 3.8) is 0 Å². The van der Waals surface area contributed by atoms with Gasteiger partial charge in [0.15, 0.2) is 0 Å². The third-order valence-electron chi connectivity index (χ3n) is 4.10. The number of fused-ring (bicyclic) bond motifs is 1. The standard InChI is InChI=1S/C19H19ClN2O2/c1-12(2)19(24)22-11-17(23)21-16-9-8-14(20)10-15(16)18(22)13-6-4-3-5-7-13/h3-10,12,18H,11H2,1-2H3,(H,21,23)/t18-/m1/s1. The Labute approximate surface area is 146 Å². The van der Waals surface area contributed by atoms with Crippen molar-refractivity contribution in [1.82, 2.24) is 4.90 Å². The summed E-state index contributed by atoms with van der Waals surface area (Å²) in [6.45, 7) is 3.70. The third-order valence-corrected chi connectivity index (χ3v) is 4.34. The fraction of sp³-hybridized carbons (Fsp3) is 0.263. The smallest absolute Gasteiger partial charge is 0.244 e. The molecule has 1 aliphatic rings. The van der Waals surface area contributed by atoms with E-state index in [1.165, 1.54) is 0 Å². The molecule has 0 unspecified atom stereocenters. The summed E-state index contributed by atoms with van der Waals surface area (Å²) in [5.41, 5.74) is 2.47. The molecule has 24 heavy (non-hydrogen) atoms. The topological polar surface area (TPSA) is 49.4 Å². The first-order chi connectivity index (χ1) is 11.5. The fourth-order valence-electron chi connectivity index (χ4n) is 3.01. The van der Waals surface area contributed by atoms with Crippen LogP contribution in [0.15, 0.2) is 48.5 Å². The summed E-state index contributed by atoms with van der Waals surface area (Å²) < 4.78 is 0. The molecule has 2 aromatic carbocycles. The van der Waals surface area contributed by atoms with Gasteiger partial charge in [-0.3, -0.25) is 9.59 Å². The lowest BCUT2D eigenvalue weighted by atomic mass is 9.95. The van der Waals surface area contributed by atoms with Crippen molar-refractivity contribution in [2.24, 2.45) is 5.92 Å². The Balaban J connectivity index is 2.21. The molecule has 0 saturated carbocycles. The van der Waals surface area contributed by atoms with Gasteiger partial charge in [-0.25, -0.2) is 0 Å². The van der Waals surface area contributed by atoms with Gasteiger partial charge in [0.2, 0.25) is 11.8 Å². The molecule has 2 aromatic rings. The first-order valence-corrected chi connectivity index (χ1v) is 8.30. The van der Waals surface area contributed by atoms with Gasteiger partial charge in [-0.05, 0) is 23.8 Å². The molecule has 1 heterocycles. The molecule has 1 atom stereocenters. The van der Waals surface area contributed by atoms with Crippen molar-refractivity contribution in [2.45, 2.75) is 19.9 Å². The molecule has 0 radical (unpaired) electrons. The van der Waals surface area contributed by atoms with Crippen LogP contribution < -0.4 is 5.32 Å². The molecule has 0 aromatic heterocycles. The molecule has 124 valence electrons. The molecule has 1 N–H and O–H groups in total. The van der Waals surface area contributed by atoms with E-state index in [0.717, 1.165) is 11.1 Å².